The van der Waals surface area contributed by atoms with E-state index in [0.29, 0.717) is 24.7 Å². The molecule has 0 saturated carbocycles. The van der Waals surface area contributed by atoms with E-state index < -0.39 is 0 Å². The number of carbonyl (C=O) groups is 1. The second-order valence-corrected chi connectivity index (χ2v) is 8.97. The Kier molecular flexibility index (Phi) is 9.84. The quantitative estimate of drug-likeness (QED) is 0.346. The van der Waals surface area contributed by atoms with Gasteiger partial charge in [-0.15, -0.1) is 24.0 Å². The Morgan fingerprint density at radius 2 is 1.97 bits per heavy atom. The van der Waals surface area contributed by atoms with Crippen molar-refractivity contribution < 1.29 is 9.53 Å². The maximum atomic E-state index is 12.7. The molecule has 6 nitrogen and oxygen atoms in total. The number of carbonyl (C=O) groups excluding carboxylic acids is 1. The van der Waals surface area contributed by atoms with Crippen LogP contribution in [0.2, 0.25) is 5.02 Å². The number of guanidine groups is 1. The molecule has 1 aromatic rings. The summed E-state index contributed by atoms with van der Waals surface area (Å²) in [4.78, 5) is 21.0. The van der Waals surface area contributed by atoms with Crippen molar-refractivity contribution in [1.29, 1.82) is 0 Å². The highest BCUT2D eigenvalue weighted by Crippen LogP contribution is 2.33. The molecule has 3 rings (SSSR count). The number of aliphatic imine (C=N–C) groups is 1. The molecule has 0 bridgehead atoms. The van der Waals surface area contributed by atoms with Gasteiger partial charge in [0, 0.05) is 56.2 Å². The molecule has 2 aliphatic heterocycles. The first-order chi connectivity index (χ1) is 13.5. The standard InChI is InChI=1S/C20H29ClN4O2S.HI/c1-22-19(23-15-20(28-2)7-11-27-12-8-20)25-10-9-24(18(26)14-25)13-16-3-5-17(21)6-4-16;/h3-6H,7-15H2,1-2H3,(H,22,23);1H. The summed E-state index contributed by atoms with van der Waals surface area (Å²) in [7, 11) is 1.78. The molecule has 0 spiro atoms. The molecule has 2 saturated heterocycles. The molecule has 0 radical (unpaired) electrons. The highest BCUT2D eigenvalue weighted by atomic mass is 127. The lowest BCUT2D eigenvalue weighted by atomic mass is 9.99. The van der Waals surface area contributed by atoms with Crippen molar-refractivity contribution in [3.63, 3.8) is 0 Å². The van der Waals surface area contributed by atoms with Crippen molar-refractivity contribution in [2.75, 3.05) is 52.7 Å². The largest absolute Gasteiger partial charge is 0.381 e. The molecule has 2 aliphatic rings. The summed E-state index contributed by atoms with van der Waals surface area (Å²) in [5.41, 5.74) is 1.09. The molecule has 0 aliphatic carbocycles. The zero-order chi connectivity index (χ0) is 20.0. The molecular weight excluding hydrogens is 523 g/mol. The number of hydrogen-bond donors (Lipinski definition) is 1. The number of thioether (sulfide) groups is 1. The Morgan fingerprint density at radius 3 is 2.55 bits per heavy atom. The van der Waals surface area contributed by atoms with E-state index in [1.807, 2.05) is 45.8 Å². The minimum Gasteiger partial charge on any atom is -0.381 e. The molecule has 9 heteroatoms. The first kappa shape index (κ1) is 24.6. The van der Waals surface area contributed by atoms with E-state index in [-0.39, 0.29) is 34.6 Å². The van der Waals surface area contributed by atoms with Crippen LogP contribution in [0.1, 0.15) is 18.4 Å². The number of piperazine rings is 1. The van der Waals surface area contributed by atoms with Gasteiger partial charge >= 0.3 is 0 Å². The zero-order valence-corrected chi connectivity index (χ0v) is 20.9. The smallest absolute Gasteiger partial charge is 0.242 e. The van der Waals surface area contributed by atoms with Gasteiger partial charge < -0.3 is 19.9 Å². The molecular formula is C20H30ClIN4O2S. The van der Waals surface area contributed by atoms with Crippen molar-refractivity contribution >= 4 is 59.2 Å². The average molecular weight is 553 g/mol. The Bertz CT molecular complexity index is 698. The SMILES string of the molecule is CN=C(NCC1(SC)CCOCC1)N1CCN(Cc2ccc(Cl)cc2)C(=O)C1.I. The summed E-state index contributed by atoms with van der Waals surface area (Å²) in [5.74, 6) is 0.925. The minimum atomic E-state index is 0. The van der Waals surface area contributed by atoms with Crippen LogP contribution in [0.5, 0.6) is 0 Å². The number of nitrogens with zero attached hydrogens (tertiary/aromatic N) is 3. The lowest BCUT2D eigenvalue weighted by molar-refractivity contribution is -0.135. The van der Waals surface area contributed by atoms with E-state index >= 15 is 0 Å². The Labute approximate surface area is 199 Å². The Balaban J connectivity index is 0.00000300. The van der Waals surface area contributed by atoms with Gasteiger partial charge in [-0.25, -0.2) is 0 Å². The van der Waals surface area contributed by atoms with Gasteiger partial charge in [0.2, 0.25) is 5.91 Å². The van der Waals surface area contributed by atoms with Crippen molar-refractivity contribution in [2.24, 2.45) is 4.99 Å². The topological polar surface area (TPSA) is 57.2 Å². The fourth-order valence-electron chi connectivity index (χ4n) is 3.64. The van der Waals surface area contributed by atoms with Crippen LogP contribution in [0, 0.1) is 0 Å². The average Bonchev–Trinajstić information content (AvgIpc) is 2.72. The highest BCUT2D eigenvalue weighted by Gasteiger charge is 2.33. The third-order valence-electron chi connectivity index (χ3n) is 5.52. The van der Waals surface area contributed by atoms with Crippen LogP contribution >= 0.6 is 47.3 Å². The van der Waals surface area contributed by atoms with E-state index in [0.717, 1.165) is 50.7 Å². The maximum absolute atomic E-state index is 12.7. The van der Waals surface area contributed by atoms with E-state index in [1.54, 1.807) is 7.05 Å². The molecule has 162 valence electrons. The second kappa shape index (κ2) is 11.6. The predicted octanol–water partition coefficient (Wildman–Crippen LogP) is 3.09. The number of halogens is 2. The predicted molar refractivity (Wildman–Crippen MR) is 132 cm³/mol. The highest BCUT2D eigenvalue weighted by molar-refractivity contribution is 14.0. The van der Waals surface area contributed by atoms with Crippen LogP contribution in [-0.2, 0) is 16.1 Å². The fraction of sp³-hybridized carbons (Fsp3) is 0.600. The van der Waals surface area contributed by atoms with Crippen molar-refractivity contribution in [2.45, 2.75) is 24.1 Å². The molecule has 0 aromatic heterocycles. The third kappa shape index (κ3) is 6.63. The lowest BCUT2D eigenvalue weighted by Gasteiger charge is -2.39. The Hall–Kier alpha value is -0.710. The van der Waals surface area contributed by atoms with E-state index in [2.05, 4.69) is 16.6 Å². The fourth-order valence-corrected chi connectivity index (χ4v) is 4.55. The number of ether oxygens (including phenoxy) is 1. The van der Waals surface area contributed by atoms with Gasteiger partial charge in [-0.1, -0.05) is 23.7 Å². The second-order valence-electron chi connectivity index (χ2n) is 7.26. The van der Waals surface area contributed by atoms with Crippen molar-refractivity contribution in [3.8, 4) is 0 Å². The van der Waals surface area contributed by atoms with E-state index in [4.69, 9.17) is 16.3 Å². The summed E-state index contributed by atoms with van der Waals surface area (Å²) in [6.07, 6.45) is 4.23. The summed E-state index contributed by atoms with van der Waals surface area (Å²) in [6, 6.07) is 7.67. The monoisotopic (exact) mass is 552 g/mol. The van der Waals surface area contributed by atoms with Gasteiger partial charge in [-0.3, -0.25) is 9.79 Å². The molecule has 1 aromatic carbocycles. The van der Waals surface area contributed by atoms with E-state index in [1.165, 1.54) is 0 Å². The number of benzene rings is 1. The number of nitrogens with one attached hydrogen (secondary N) is 1. The van der Waals surface area contributed by atoms with Gasteiger partial charge in [0.25, 0.3) is 0 Å². The zero-order valence-electron chi connectivity index (χ0n) is 17.0. The summed E-state index contributed by atoms with van der Waals surface area (Å²) in [6.45, 7) is 4.88. The van der Waals surface area contributed by atoms with Crippen LogP contribution in [0.15, 0.2) is 29.3 Å². The summed E-state index contributed by atoms with van der Waals surface area (Å²) >= 11 is 7.84. The van der Waals surface area contributed by atoms with Crippen LogP contribution in [0.3, 0.4) is 0 Å². The molecule has 2 heterocycles. The number of hydrogen-bond acceptors (Lipinski definition) is 4. The first-order valence-electron chi connectivity index (χ1n) is 9.66. The van der Waals surface area contributed by atoms with Gasteiger partial charge in [0.1, 0.15) is 0 Å². The summed E-state index contributed by atoms with van der Waals surface area (Å²) < 4.78 is 5.69. The number of amides is 1. The van der Waals surface area contributed by atoms with Crippen LogP contribution in [0.25, 0.3) is 0 Å². The summed E-state index contributed by atoms with van der Waals surface area (Å²) in [5, 5.41) is 4.22. The maximum Gasteiger partial charge on any atom is 0.242 e. The molecule has 0 atom stereocenters. The number of rotatable bonds is 5. The van der Waals surface area contributed by atoms with Crippen LogP contribution < -0.4 is 5.32 Å². The third-order valence-corrected chi connectivity index (χ3v) is 7.19. The molecule has 2 fully saturated rings. The van der Waals surface area contributed by atoms with Crippen molar-refractivity contribution in [1.82, 2.24) is 15.1 Å². The van der Waals surface area contributed by atoms with Gasteiger partial charge in [0.05, 0.1) is 6.54 Å². The lowest BCUT2D eigenvalue weighted by Crippen LogP contribution is -2.56. The molecule has 1 amide bonds. The normalized spacial score (nSPS) is 19.7. The molecule has 29 heavy (non-hydrogen) atoms. The van der Waals surface area contributed by atoms with Gasteiger partial charge in [-0.2, -0.15) is 11.8 Å². The van der Waals surface area contributed by atoms with E-state index in [9.17, 15) is 4.79 Å². The molecule has 0 unspecified atom stereocenters. The van der Waals surface area contributed by atoms with Crippen LogP contribution in [-0.4, -0.2) is 79.1 Å². The van der Waals surface area contributed by atoms with Crippen molar-refractivity contribution in [3.05, 3.63) is 34.9 Å². The van der Waals surface area contributed by atoms with Crippen LogP contribution in [0.4, 0.5) is 0 Å². The minimum absolute atomic E-state index is 0. The van der Waals surface area contributed by atoms with Gasteiger partial charge in [0.15, 0.2) is 5.96 Å². The molecule has 1 N–H and O–H groups in total. The Morgan fingerprint density at radius 1 is 1.28 bits per heavy atom. The first-order valence-corrected chi connectivity index (χ1v) is 11.3. The van der Waals surface area contributed by atoms with Gasteiger partial charge in [-0.05, 0) is 36.8 Å².